The molecule has 0 aromatic heterocycles. The van der Waals surface area contributed by atoms with Gasteiger partial charge in [0.2, 0.25) is 0 Å². The lowest BCUT2D eigenvalue weighted by atomic mass is 9.69. The number of amides is 2. The van der Waals surface area contributed by atoms with E-state index in [1.807, 2.05) is 65.6 Å². The first-order valence-corrected chi connectivity index (χ1v) is 14.4. The Morgan fingerprint density at radius 2 is 1.65 bits per heavy atom. The number of aliphatic imine (C=N–C) groups is 1. The minimum absolute atomic E-state index is 0.0217. The number of nitriles is 1. The highest BCUT2D eigenvalue weighted by Crippen LogP contribution is 2.58. The van der Waals surface area contributed by atoms with Crippen LogP contribution in [0.4, 0.5) is 16.2 Å². The molecule has 1 spiro atoms. The fourth-order valence-corrected chi connectivity index (χ4v) is 6.76. The van der Waals surface area contributed by atoms with E-state index in [4.69, 9.17) is 14.2 Å². The first kappa shape index (κ1) is 30.1. The molecule has 2 amide bonds. The molecular weight excluding hydrogens is 590 g/mol. The number of carbonyl (C=O) groups is 4. The van der Waals surface area contributed by atoms with Crippen molar-refractivity contribution in [2.45, 2.75) is 30.5 Å². The predicted molar refractivity (Wildman–Crippen MR) is 165 cm³/mol. The van der Waals surface area contributed by atoms with Crippen LogP contribution in [0.1, 0.15) is 23.1 Å². The number of rotatable bonds is 6. The monoisotopic (exact) mass is 619 g/mol. The smallest absolute Gasteiger partial charge is 0.357 e. The molecule has 1 N–H and O–H groups in total. The van der Waals surface area contributed by atoms with Gasteiger partial charge in [-0.15, -0.1) is 0 Å². The van der Waals surface area contributed by atoms with E-state index >= 15 is 0 Å². The van der Waals surface area contributed by atoms with Crippen LogP contribution in [0, 0.1) is 11.3 Å². The molecule has 3 atom stereocenters. The molecule has 3 aromatic rings. The minimum Gasteiger partial charge on any atom is -0.467 e. The number of urea groups is 1. The second kappa shape index (κ2) is 11.9. The van der Waals surface area contributed by atoms with E-state index in [1.54, 1.807) is 18.2 Å². The summed E-state index contributed by atoms with van der Waals surface area (Å²) in [7, 11) is 3.59. The summed E-state index contributed by atoms with van der Waals surface area (Å²) < 4.78 is 15.5. The molecule has 12 heteroatoms. The van der Waals surface area contributed by atoms with Crippen LogP contribution in [0.2, 0.25) is 0 Å². The van der Waals surface area contributed by atoms with Crippen molar-refractivity contribution in [1.82, 2.24) is 4.90 Å². The molecule has 3 aliphatic rings. The van der Waals surface area contributed by atoms with Crippen LogP contribution >= 0.6 is 0 Å². The first-order valence-electron chi connectivity index (χ1n) is 14.4. The Bertz CT molecular complexity index is 1860. The molecule has 3 aromatic carbocycles. The molecule has 3 heterocycles. The minimum atomic E-state index is -1.28. The molecule has 232 valence electrons. The zero-order chi connectivity index (χ0) is 32.6. The van der Waals surface area contributed by atoms with Gasteiger partial charge in [0.1, 0.15) is 11.9 Å². The number of ether oxygens (including phenoxy) is 3. The molecule has 6 rings (SSSR count). The van der Waals surface area contributed by atoms with Gasteiger partial charge < -0.3 is 24.4 Å². The zero-order valence-corrected chi connectivity index (χ0v) is 25.2. The number of hydrogen-bond acceptors (Lipinski definition) is 10. The number of carbonyl (C=O) groups excluding carboxylic acids is 4. The van der Waals surface area contributed by atoms with Gasteiger partial charge in [-0.3, -0.25) is 4.90 Å². The van der Waals surface area contributed by atoms with Gasteiger partial charge in [-0.1, -0.05) is 54.6 Å². The Balaban J connectivity index is 1.61. The van der Waals surface area contributed by atoms with Crippen LogP contribution in [0.15, 0.2) is 95.1 Å². The number of esters is 3. The number of nitrogens with one attached hydrogen (secondary N) is 1. The van der Waals surface area contributed by atoms with E-state index in [-0.39, 0.29) is 23.5 Å². The number of nitrogens with zero attached hydrogens (tertiary/aromatic N) is 4. The van der Waals surface area contributed by atoms with Crippen LogP contribution in [0.5, 0.6) is 0 Å². The lowest BCUT2D eigenvalue weighted by molar-refractivity contribution is -0.144. The third kappa shape index (κ3) is 4.64. The van der Waals surface area contributed by atoms with Crippen molar-refractivity contribution in [3.8, 4) is 6.07 Å². The number of hydrogen-bond donors (Lipinski definition) is 1. The third-order valence-electron chi connectivity index (χ3n) is 8.59. The molecule has 0 saturated carbocycles. The summed E-state index contributed by atoms with van der Waals surface area (Å²) in [6.07, 6.45) is -0.0217. The molecule has 0 radical (unpaired) electrons. The van der Waals surface area contributed by atoms with Gasteiger partial charge in [0.25, 0.3) is 0 Å². The van der Waals surface area contributed by atoms with E-state index in [1.165, 1.54) is 25.2 Å². The largest absolute Gasteiger partial charge is 0.467 e. The van der Waals surface area contributed by atoms with Crippen molar-refractivity contribution < 1.29 is 33.4 Å². The molecule has 1 fully saturated rings. The van der Waals surface area contributed by atoms with Crippen molar-refractivity contribution in [1.29, 1.82) is 5.26 Å². The summed E-state index contributed by atoms with van der Waals surface area (Å²) in [6.45, 7) is 0.308. The molecule has 1 saturated heterocycles. The number of anilines is 2. The maximum Gasteiger partial charge on any atom is 0.357 e. The van der Waals surface area contributed by atoms with Crippen molar-refractivity contribution in [2.75, 3.05) is 31.5 Å². The van der Waals surface area contributed by atoms with Crippen molar-refractivity contribution in [3.05, 3.63) is 107 Å². The molecule has 12 nitrogen and oxygen atoms in total. The van der Waals surface area contributed by atoms with Gasteiger partial charge in [0.05, 0.1) is 50.0 Å². The maximum absolute atomic E-state index is 14.2. The summed E-state index contributed by atoms with van der Waals surface area (Å²) in [6, 6.07) is 22.4. The predicted octanol–water partition coefficient (Wildman–Crippen LogP) is 3.68. The summed E-state index contributed by atoms with van der Waals surface area (Å²) >= 11 is 0. The molecule has 3 aliphatic heterocycles. The lowest BCUT2D eigenvalue weighted by Crippen LogP contribution is -2.56. The molecule has 46 heavy (non-hydrogen) atoms. The van der Waals surface area contributed by atoms with Gasteiger partial charge in [-0.25, -0.2) is 24.2 Å². The van der Waals surface area contributed by atoms with Gasteiger partial charge in [-0.05, 0) is 41.8 Å². The number of para-hydroxylation sites is 1. The van der Waals surface area contributed by atoms with E-state index in [2.05, 4.69) is 10.3 Å². The Labute approximate surface area is 264 Å². The van der Waals surface area contributed by atoms with Crippen LogP contribution in [-0.2, 0) is 40.6 Å². The van der Waals surface area contributed by atoms with Gasteiger partial charge in [0, 0.05) is 17.9 Å². The van der Waals surface area contributed by atoms with E-state index in [0.717, 1.165) is 18.4 Å². The van der Waals surface area contributed by atoms with E-state index in [9.17, 15) is 24.4 Å². The fraction of sp³-hybridized carbons (Fsp3) is 0.235. The normalized spacial score (nSPS) is 20.9. The number of likely N-dealkylation sites (tertiary alicyclic amines) is 1. The van der Waals surface area contributed by atoms with Gasteiger partial charge >= 0.3 is 23.9 Å². The van der Waals surface area contributed by atoms with Crippen molar-refractivity contribution in [3.63, 3.8) is 0 Å². The average Bonchev–Trinajstić information content (AvgIpc) is 3.58. The molecule has 0 unspecified atom stereocenters. The number of amidine groups is 1. The molecular formula is C34H29N5O7. The van der Waals surface area contributed by atoms with Crippen LogP contribution in [-0.4, -0.2) is 68.1 Å². The summed E-state index contributed by atoms with van der Waals surface area (Å²) in [5.74, 6) is -2.37. The Morgan fingerprint density at radius 1 is 0.935 bits per heavy atom. The molecule has 0 bridgehead atoms. The zero-order valence-electron chi connectivity index (χ0n) is 25.2. The summed E-state index contributed by atoms with van der Waals surface area (Å²) in [5.41, 5.74) is 1.28. The number of fused-ring (bicyclic) bond motifs is 1. The van der Waals surface area contributed by atoms with Crippen LogP contribution < -0.4 is 10.2 Å². The van der Waals surface area contributed by atoms with Crippen LogP contribution in [0.25, 0.3) is 0 Å². The summed E-state index contributed by atoms with van der Waals surface area (Å²) in [4.78, 5) is 62.5. The Kier molecular flexibility index (Phi) is 7.75. The SMILES string of the molecule is COC(=O)C1=C(C(=O)OC)[C@@H]2N(Cc3ccccc3)c3ccccc3[C@@]23C[C@@H](C(=O)OC)N(C(=O)Nc2cccc(C#N)c2)C3=N1. The van der Waals surface area contributed by atoms with E-state index < -0.39 is 41.4 Å². The Hall–Kier alpha value is -5.96. The summed E-state index contributed by atoms with van der Waals surface area (Å²) in [5, 5.41) is 12.1. The quantitative estimate of drug-likeness (QED) is 0.322. The van der Waals surface area contributed by atoms with Gasteiger partial charge in [-0.2, -0.15) is 5.26 Å². The van der Waals surface area contributed by atoms with Crippen molar-refractivity contribution >= 4 is 41.1 Å². The van der Waals surface area contributed by atoms with Crippen LogP contribution in [0.3, 0.4) is 0 Å². The third-order valence-corrected chi connectivity index (χ3v) is 8.59. The second-order valence-electron chi connectivity index (χ2n) is 10.9. The Morgan fingerprint density at radius 3 is 2.35 bits per heavy atom. The highest BCUT2D eigenvalue weighted by Gasteiger charge is 2.68. The van der Waals surface area contributed by atoms with Gasteiger partial charge in [0.15, 0.2) is 5.70 Å². The van der Waals surface area contributed by atoms with Crippen molar-refractivity contribution in [2.24, 2.45) is 4.99 Å². The number of methoxy groups -OCH3 is 3. The van der Waals surface area contributed by atoms with E-state index in [0.29, 0.717) is 23.4 Å². The highest BCUT2D eigenvalue weighted by atomic mass is 16.5. The number of benzene rings is 3. The second-order valence-corrected chi connectivity index (χ2v) is 10.9. The lowest BCUT2D eigenvalue weighted by Gasteiger charge is -2.40. The standard InChI is InChI=1S/C34H29N5O7/c1-44-29(40)25-17-34-23-14-7-8-15-24(23)38(19-20-10-5-4-6-11-20)28(34)26(30(41)45-2)27(31(42)46-3)37-32(34)39(25)33(43)36-22-13-9-12-21(16-22)18-35/h4-16,25,28H,17,19H2,1-3H3,(H,36,43)/t25-,28-,34-/m0/s1. The fourth-order valence-electron chi connectivity index (χ4n) is 6.76. The first-order chi connectivity index (χ1) is 22.3. The maximum atomic E-state index is 14.2. The topological polar surface area (TPSA) is 151 Å². The average molecular weight is 620 g/mol. The molecule has 0 aliphatic carbocycles. The highest BCUT2D eigenvalue weighted by molar-refractivity contribution is 6.18.